The highest BCUT2D eigenvalue weighted by Gasteiger charge is 2.34. The molecule has 0 bridgehead atoms. The molecular weight excluding hydrogens is 284 g/mol. The molecule has 0 radical (unpaired) electrons. The van der Waals surface area contributed by atoms with E-state index in [1.807, 2.05) is 13.8 Å². The van der Waals surface area contributed by atoms with Crippen LogP contribution in [-0.4, -0.2) is 41.3 Å². The molecule has 106 valence electrons. The second-order valence-electron chi connectivity index (χ2n) is 4.58. The molecule has 0 saturated carbocycles. The number of rotatable bonds is 3. The van der Waals surface area contributed by atoms with E-state index in [4.69, 9.17) is 5.84 Å². The molecule has 0 amide bonds. The van der Waals surface area contributed by atoms with Gasteiger partial charge in [0.05, 0.1) is 5.69 Å². The summed E-state index contributed by atoms with van der Waals surface area (Å²) in [5.74, 6) is 5.35. The van der Waals surface area contributed by atoms with E-state index in [2.05, 4.69) is 10.4 Å². The molecule has 0 aromatic carbocycles. The number of sulfonamides is 1. The molecule has 1 fully saturated rings. The first kappa shape index (κ1) is 14.6. The van der Waals surface area contributed by atoms with E-state index in [0.717, 1.165) is 0 Å². The topological polar surface area (TPSA) is 88.3 Å². The van der Waals surface area contributed by atoms with E-state index in [9.17, 15) is 8.42 Å². The average Bonchev–Trinajstić information content (AvgIpc) is 2.37. The first-order valence-electron chi connectivity index (χ1n) is 6.02. The van der Waals surface area contributed by atoms with Gasteiger partial charge in [-0.1, -0.05) is 13.8 Å². The third-order valence-electron chi connectivity index (χ3n) is 2.90. The fourth-order valence-electron chi connectivity index (χ4n) is 2.16. The maximum atomic E-state index is 12.6. The number of hydrogen-bond acceptors (Lipinski definition) is 6. The Hall–Kier alpha value is -0.830. The molecular formula is C11H18N4O2S2. The molecule has 19 heavy (non-hydrogen) atoms. The van der Waals surface area contributed by atoms with Crippen molar-refractivity contribution in [3.8, 4) is 0 Å². The molecule has 2 unspecified atom stereocenters. The van der Waals surface area contributed by atoms with E-state index in [-0.39, 0.29) is 15.5 Å². The van der Waals surface area contributed by atoms with Crippen molar-refractivity contribution in [3.63, 3.8) is 0 Å². The normalized spacial score (nSPS) is 25.2. The van der Waals surface area contributed by atoms with Crippen LogP contribution in [0, 0.1) is 0 Å². The number of nitrogens with two attached hydrogens (primary N) is 1. The van der Waals surface area contributed by atoms with Crippen LogP contribution in [0.1, 0.15) is 13.8 Å². The largest absolute Gasteiger partial charge is 0.321 e. The standard InChI is InChI=1S/C11H18N4O2S2/c1-8-6-15(7-9(2)18-8)19(16,17)11-10(14-12)4-3-5-13-11/h3-5,8-9,14H,6-7,12H2,1-2H3. The Morgan fingerprint density at radius 3 is 2.63 bits per heavy atom. The second kappa shape index (κ2) is 5.66. The third-order valence-corrected chi connectivity index (χ3v) is 5.92. The Labute approximate surface area is 117 Å². The van der Waals surface area contributed by atoms with E-state index < -0.39 is 10.0 Å². The van der Waals surface area contributed by atoms with Crippen molar-refractivity contribution in [3.05, 3.63) is 18.3 Å². The predicted octanol–water partition coefficient (Wildman–Crippen LogP) is 0.882. The number of pyridine rings is 1. The highest BCUT2D eigenvalue weighted by Crippen LogP contribution is 2.30. The summed E-state index contributed by atoms with van der Waals surface area (Å²) < 4.78 is 26.7. The minimum atomic E-state index is -3.60. The van der Waals surface area contributed by atoms with Crippen LogP contribution < -0.4 is 11.3 Å². The Balaban J connectivity index is 2.36. The molecule has 1 aliphatic heterocycles. The van der Waals surface area contributed by atoms with Gasteiger partial charge in [-0.2, -0.15) is 16.1 Å². The van der Waals surface area contributed by atoms with Crippen LogP contribution >= 0.6 is 11.8 Å². The summed E-state index contributed by atoms with van der Waals surface area (Å²) in [6.07, 6.45) is 1.46. The van der Waals surface area contributed by atoms with Gasteiger partial charge in [0.25, 0.3) is 10.0 Å². The lowest BCUT2D eigenvalue weighted by molar-refractivity contribution is 0.403. The molecule has 6 nitrogen and oxygen atoms in total. The quantitative estimate of drug-likeness (QED) is 0.636. The monoisotopic (exact) mass is 302 g/mol. The number of anilines is 1. The molecule has 0 aliphatic carbocycles. The molecule has 1 aromatic rings. The number of nitrogens with one attached hydrogen (secondary N) is 1. The molecule has 2 heterocycles. The summed E-state index contributed by atoms with van der Waals surface area (Å²) in [6.45, 7) is 5.06. The van der Waals surface area contributed by atoms with Crippen LogP contribution in [-0.2, 0) is 10.0 Å². The summed E-state index contributed by atoms with van der Waals surface area (Å²) in [7, 11) is -3.60. The van der Waals surface area contributed by atoms with Gasteiger partial charge in [-0.25, -0.2) is 13.4 Å². The highest BCUT2D eigenvalue weighted by molar-refractivity contribution is 8.00. The smallest absolute Gasteiger partial charge is 0.262 e. The van der Waals surface area contributed by atoms with E-state index in [1.165, 1.54) is 10.5 Å². The van der Waals surface area contributed by atoms with Crippen molar-refractivity contribution in [2.75, 3.05) is 18.5 Å². The van der Waals surface area contributed by atoms with E-state index in [1.54, 1.807) is 23.9 Å². The van der Waals surface area contributed by atoms with Gasteiger partial charge in [0.15, 0.2) is 5.03 Å². The van der Waals surface area contributed by atoms with Crippen molar-refractivity contribution in [1.82, 2.24) is 9.29 Å². The number of nitrogens with zero attached hydrogens (tertiary/aromatic N) is 2. The number of hydrogen-bond donors (Lipinski definition) is 2. The van der Waals surface area contributed by atoms with Gasteiger partial charge in [-0.05, 0) is 12.1 Å². The number of aromatic nitrogens is 1. The van der Waals surface area contributed by atoms with Gasteiger partial charge in [0.1, 0.15) is 0 Å². The molecule has 1 aliphatic rings. The third kappa shape index (κ3) is 3.02. The summed E-state index contributed by atoms with van der Waals surface area (Å²) in [6, 6.07) is 3.25. The molecule has 3 N–H and O–H groups in total. The number of nitrogen functional groups attached to an aromatic ring is 1. The van der Waals surface area contributed by atoms with Gasteiger partial charge in [0.2, 0.25) is 0 Å². The fourth-order valence-corrected chi connectivity index (χ4v) is 5.35. The number of thioether (sulfide) groups is 1. The van der Waals surface area contributed by atoms with Crippen LogP contribution in [0.25, 0.3) is 0 Å². The van der Waals surface area contributed by atoms with Crippen molar-refractivity contribution in [1.29, 1.82) is 0 Å². The summed E-state index contributed by atoms with van der Waals surface area (Å²) >= 11 is 1.80. The highest BCUT2D eigenvalue weighted by atomic mass is 32.2. The SMILES string of the molecule is CC1CN(S(=O)(=O)c2ncccc2NN)CC(C)S1. The Morgan fingerprint density at radius 1 is 1.42 bits per heavy atom. The fraction of sp³-hybridized carbons (Fsp3) is 0.545. The zero-order chi connectivity index (χ0) is 14.0. The zero-order valence-corrected chi connectivity index (χ0v) is 12.5. The maximum Gasteiger partial charge on any atom is 0.262 e. The Bertz CT molecular complexity index is 539. The molecule has 1 aromatic heterocycles. The van der Waals surface area contributed by atoms with Crippen LogP contribution in [0.3, 0.4) is 0 Å². The molecule has 8 heteroatoms. The van der Waals surface area contributed by atoms with Crippen LogP contribution in [0.4, 0.5) is 5.69 Å². The van der Waals surface area contributed by atoms with Gasteiger partial charge in [-0.15, -0.1) is 0 Å². The maximum absolute atomic E-state index is 12.6. The van der Waals surface area contributed by atoms with Crippen molar-refractivity contribution in [2.24, 2.45) is 5.84 Å². The summed E-state index contributed by atoms with van der Waals surface area (Å²) in [5, 5.41) is 0.539. The molecule has 1 saturated heterocycles. The average molecular weight is 302 g/mol. The lowest BCUT2D eigenvalue weighted by Gasteiger charge is -2.33. The van der Waals surface area contributed by atoms with Crippen molar-refractivity contribution in [2.45, 2.75) is 29.4 Å². The van der Waals surface area contributed by atoms with Gasteiger partial charge >= 0.3 is 0 Å². The van der Waals surface area contributed by atoms with Crippen molar-refractivity contribution >= 4 is 27.5 Å². The first-order valence-corrected chi connectivity index (χ1v) is 8.40. The minimum absolute atomic E-state index is 0.0104. The Kier molecular flexibility index (Phi) is 4.34. The zero-order valence-electron chi connectivity index (χ0n) is 10.9. The van der Waals surface area contributed by atoms with Gasteiger partial charge in [-0.3, -0.25) is 5.84 Å². The lowest BCUT2D eigenvalue weighted by atomic mass is 10.4. The number of hydrazine groups is 1. The van der Waals surface area contributed by atoms with Crippen LogP contribution in [0.5, 0.6) is 0 Å². The lowest BCUT2D eigenvalue weighted by Crippen LogP contribution is -2.44. The summed E-state index contributed by atoms with van der Waals surface area (Å²) in [5.41, 5.74) is 2.71. The minimum Gasteiger partial charge on any atom is -0.321 e. The molecule has 2 rings (SSSR count). The molecule has 0 spiro atoms. The first-order chi connectivity index (χ1) is 8.95. The van der Waals surface area contributed by atoms with Crippen molar-refractivity contribution < 1.29 is 8.42 Å². The summed E-state index contributed by atoms with van der Waals surface area (Å²) in [4.78, 5) is 3.97. The van der Waals surface area contributed by atoms with E-state index >= 15 is 0 Å². The molecule has 2 atom stereocenters. The predicted molar refractivity (Wildman–Crippen MR) is 77.3 cm³/mol. The second-order valence-corrected chi connectivity index (χ2v) is 8.31. The van der Waals surface area contributed by atoms with Gasteiger partial charge in [0, 0.05) is 29.8 Å². The van der Waals surface area contributed by atoms with E-state index in [0.29, 0.717) is 18.8 Å². The van der Waals surface area contributed by atoms with Crippen LogP contribution in [0.15, 0.2) is 23.4 Å². The Morgan fingerprint density at radius 2 is 2.05 bits per heavy atom. The van der Waals surface area contributed by atoms with Gasteiger partial charge < -0.3 is 5.43 Å². The van der Waals surface area contributed by atoms with Crippen LogP contribution in [0.2, 0.25) is 0 Å².